The summed E-state index contributed by atoms with van der Waals surface area (Å²) in [5, 5.41) is 14.0. The minimum Gasteiger partial charge on any atom is -0.370 e. The van der Waals surface area contributed by atoms with E-state index in [2.05, 4.69) is 32.4 Å². The fourth-order valence-electron chi connectivity index (χ4n) is 1.30. The average Bonchev–Trinajstić information content (AvgIpc) is 2.81. The van der Waals surface area contributed by atoms with Crippen molar-refractivity contribution in [1.29, 1.82) is 0 Å². The summed E-state index contributed by atoms with van der Waals surface area (Å²) in [5.74, 6) is 0.866. The molecule has 0 bridgehead atoms. The number of anilines is 1. The molecule has 0 amide bonds. The molecule has 0 aliphatic rings. The molecule has 2 aromatic heterocycles. The van der Waals surface area contributed by atoms with E-state index in [1.807, 2.05) is 19.2 Å². The van der Waals surface area contributed by atoms with Gasteiger partial charge < -0.3 is 5.32 Å². The van der Waals surface area contributed by atoms with Crippen LogP contribution in [0.3, 0.4) is 0 Å². The highest BCUT2D eigenvalue weighted by Gasteiger charge is 2.08. The Hall–Kier alpha value is -0.860. The molecular formula is C11H15N5S3. The zero-order valence-electron chi connectivity index (χ0n) is 11.0. The molecule has 2 heterocycles. The summed E-state index contributed by atoms with van der Waals surface area (Å²) in [6.45, 7) is 4.99. The normalized spacial score (nSPS) is 10.7. The molecule has 0 saturated carbocycles. The van der Waals surface area contributed by atoms with Crippen LogP contribution < -0.4 is 5.32 Å². The Labute approximate surface area is 125 Å². The van der Waals surface area contributed by atoms with Gasteiger partial charge >= 0.3 is 0 Å². The first-order valence-corrected chi connectivity index (χ1v) is 8.72. The van der Waals surface area contributed by atoms with Crippen molar-refractivity contribution >= 4 is 40.7 Å². The second-order valence-corrected chi connectivity index (χ2v) is 6.92. The van der Waals surface area contributed by atoms with E-state index in [0.717, 1.165) is 38.3 Å². The Morgan fingerprint density at radius 1 is 1.32 bits per heavy atom. The topological polar surface area (TPSA) is 63.6 Å². The minimum atomic E-state index is 0.768. The molecule has 0 radical (unpaired) electrons. The fourth-order valence-corrected chi connectivity index (χ4v) is 3.50. The van der Waals surface area contributed by atoms with Gasteiger partial charge in [0.15, 0.2) is 9.50 Å². The van der Waals surface area contributed by atoms with Gasteiger partial charge in [-0.05, 0) is 31.4 Å². The van der Waals surface area contributed by atoms with E-state index in [0.29, 0.717) is 0 Å². The van der Waals surface area contributed by atoms with Crippen LogP contribution in [0.15, 0.2) is 20.6 Å². The predicted octanol–water partition coefficient (Wildman–Crippen LogP) is 3.33. The van der Waals surface area contributed by atoms with E-state index in [1.54, 1.807) is 11.3 Å². The van der Waals surface area contributed by atoms with Crippen molar-refractivity contribution in [2.45, 2.75) is 34.8 Å². The van der Waals surface area contributed by atoms with Crippen molar-refractivity contribution in [3.05, 3.63) is 11.1 Å². The van der Waals surface area contributed by atoms with Crippen LogP contribution in [0.1, 0.15) is 18.4 Å². The summed E-state index contributed by atoms with van der Waals surface area (Å²) in [6, 6.07) is 1.96. The smallest absolute Gasteiger partial charge is 0.190 e. The molecule has 0 unspecified atom stereocenters. The van der Waals surface area contributed by atoms with Gasteiger partial charge in [-0.1, -0.05) is 30.0 Å². The predicted molar refractivity (Wildman–Crippen MR) is 81.4 cm³/mol. The van der Waals surface area contributed by atoms with Crippen LogP contribution in [0.5, 0.6) is 0 Å². The maximum Gasteiger partial charge on any atom is 0.190 e. The highest BCUT2D eigenvalue weighted by molar-refractivity contribution is 8.01. The first kappa shape index (κ1) is 14.5. The highest BCUT2D eigenvalue weighted by atomic mass is 32.2. The lowest BCUT2D eigenvalue weighted by Crippen LogP contribution is -2.03. The SMILES string of the molecule is CCCNc1cc(Sc2nnc(C)s2)nc(SC)n1. The number of nitrogens with one attached hydrogen (secondary N) is 1. The second-order valence-electron chi connectivity index (χ2n) is 3.69. The summed E-state index contributed by atoms with van der Waals surface area (Å²) >= 11 is 4.64. The molecule has 2 rings (SSSR count). The maximum absolute atomic E-state index is 4.48. The van der Waals surface area contributed by atoms with E-state index >= 15 is 0 Å². The molecule has 0 saturated heterocycles. The van der Waals surface area contributed by atoms with Crippen LogP contribution in [-0.2, 0) is 0 Å². The van der Waals surface area contributed by atoms with Gasteiger partial charge in [0.2, 0.25) is 0 Å². The average molecular weight is 313 g/mol. The molecule has 0 spiro atoms. The molecule has 1 N–H and O–H groups in total. The summed E-state index contributed by atoms with van der Waals surface area (Å²) in [4.78, 5) is 8.91. The summed E-state index contributed by atoms with van der Waals surface area (Å²) < 4.78 is 0.907. The number of aryl methyl sites for hydroxylation is 1. The van der Waals surface area contributed by atoms with Crippen LogP contribution in [0, 0.1) is 6.92 Å². The van der Waals surface area contributed by atoms with E-state index in [-0.39, 0.29) is 0 Å². The monoisotopic (exact) mass is 313 g/mol. The molecule has 102 valence electrons. The summed E-state index contributed by atoms with van der Waals surface area (Å²) in [7, 11) is 0. The molecule has 0 aromatic carbocycles. The van der Waals surface area contributed by atoms with Gasteiger partial charge in [0.05, 0.1) is 0 Å². The molecule has 5 nitrogen and oxygen atoms in total. The van der Waals surface area contributed by atoms with E-state index in [9.17, 15) is 0 Å². The van der Waals surface area contributed by atoms with Gasteiger partial charge in [0.1, 0.15) is 15.9 Å². The number of nitrogens with zero attached hydrogens (tertiary/aromatic N) is 4. The second kappa shape index (κ2) is 7.06. The van der Waals surface area contributed by atoms with Crippen LogP contribution >= 0.6 is 34.9 Å². The maximum atomic E-state index is 4.48. The van der Waals surface area contributed by atoms with Crippen molar-refractivity contribution in [2.24, 2.45) is 0 Å². The molecule has 0 aliphatic carbocycles. The lowest BCUT2D eigenvalue weighted by Gasteiger charge is -2.06. The third-order valence-corrected chi connectivity index (χ3v) is 4.48. The molecule has 0 atom stereocenters. The van der Waals surface area contributed by atoms with Crippen LogP contribution in [0.25, 0.3) is 0 Å². The molecule has 2 aromatic rings. The van der Waals surface area contributed by atoms with E-state index < -0.39 is 0 Å². The fraction of sp³-hybridized carbons (Fsp3) is 0.455. The molecule has 8 heteroatoms. The highest BCUT2D eigenvalue weighted by Crippen LogP contribution is 2.30. The van der Waals surface area contributed by atoms with Crippen molar-refractivity contribution in [3.8, 4) is 0 Å². The van der Waals surface area contributed by atoms with Crippen molar-refractivity contribution < 1.29 is 0 Å². The Morgan fingerprint density at radius 2 is 2.16 bits per heavy atom. The van der Waals surface area contributed by atoms with Gasteiger partial charge in [-0.2, -0.15) is 0 Å². The van der Waals surface area contributed by atoms with Crippen LogP contribution in [0.2, 0.25) is 0 Å². The Morgan fingerprint density at radius 3 is 2.79 bits per heavy atom. The van der Waals surface area contributed by atoms with Crippen molar-refractivity contribution in [1.82, 2.24) is 20.2 Å². The lowest BCUT2D eigenvalue weighted by atomic mass is 10.4. The molecule has 0 fully saturated rings. The first-order chi connectivity index (χ1) is 9.21. The third kappa shape index (κ3) is 4.32. The Balaban J connectivity index is 2.18. The number of hydrogen-bond donors (Lipinski definition) is 1. The first-order valence-electron chi connectivity index (χ1n) is 5.86. The summed E-state index contributed by atoms with van der Waals surface area (Å²) in [6.07, 6.45) is 3.04. The van der Waals surface area contributed by atoms with Gasteiger partial charge in [-0.25, -0.2) is 9.97 Å². The Kier molecular flexibility index (Phi) is 5.41. The molecule has 0 aliphatic heterocycles. The lowest BCUT2D eigenvalue weighted by molar-refractivity contribution is 0.876. The summed E-state index contributed by atoms with van der Waals surface area (Å²) in [5.41, 5.74) is 0. The quantitative estimate of drug-likeness (QED) is 0.498. The number of hydrogen-bond acceptors (Lipinski definition) is 8. The van der Waals surface area contributed by atoms with Crippen molar-refractivity contribution in [2.75, 3.05) is 18.1 Å². The van der Waals surface area contributed by atoms with E-state index in [4.69, 9.17) is 0 Å². The zero-order chi connectivity index (χ0) is 13.7. The van der Waals surface area contributed by atoms with Crippen molar-refractivity contribution in [3.63, 3.8) is 0 Å². The van der Waals surface area contributed by atoms with Gasteiger partial charge in [0, 0.05) is 12.6 Å². The molecular weight excluding hydrogens is 298 g/mol. The zero-order valence-corrected chi connectivity index (χ0v) is 13.5. The van der Waals surface area contributed by atoms with Crippen LogP contribution in [0.4, 0.5) is 5.82 Å². The minimum absolute atomic E-state index is 0.768. The van der Waals surface area contributed by atoms with Gasteiger partial charge in [-0.15, -0.1) is 10.2 Å². The third-order valence-electron chi connectivity index (χ3n) is 2.12. The van der Waals surface area contributed by atoms with Gasteiger partial charge in [0.25, 0.3) is 0 Å². The number of aromatic nitrogens is 4. The number of rotatable bonds is 6. The number of thioether (sulfide) groups is 1. The Bertz CT molecular complexity index is 543. The standard InChI is InChI=1S/C11H15N5S3/c1-4-5-12-8-6-9(14-10(13-8)17-3)19-11-16-15-7(2)18-11/h6H,4-5H2,1-3H3,(H,12,13,14). The molecule has 19 heavy (non-hydrogen) atoms. The van der Waals surface area contributed by atoms with Crippen LogP contribution in [-0.4, -0.2) is 33.0 Å². The largest absolute Gasteiger partial charge is 0.370 e. The van der Waals surface area contributed by atoms with E-state index in [1.165, 1.54) is 23.5 Å². The van der Waals surface area contributed by atoms with Gasteiger partial charge in [-0.3, -0.25) is 0 Å².